The highest BCUT2D eigenvalue weighted by molar-refractivity contribution is 7.89. The molecule has 1 unspecified atom stereocenters. The number of hydrogen-bond acceptors (Lipinski definition) is 3. The highest BCUT2D eigenvalue weighted by atomic mass is 32.2. The fourth-order valence-corrected chi connectivity index (χ4v) is 2.86. The van der Waals surface area contributed by atoms with Crippen molar-refractivity contribution in [3.05, 3.63) is 42.5 Å². The van der Waals surface area contributed by atoms with Gasteiger partial charge in [-0.1, -0.05) is 19.1 Å². The summed E-state index contributed by atoms with van der Waals surface area (Å²) in [5, 5.41) is 2.61. The topological polar surface area (TPSA) is 75.3 Å². The van der Waals surface area contributed by atoms with Gasteiger partial charge in [-0.05, 0) is 31.5 Å². The lowest BCUT2D eigenvalue weighted by Crippen LogP contribution is -2.32. The second-order valence-electron chi connectivity index (χ2n) is 4.46. The summed E-state index contributed by atoms with van der Waals surface area (Å²) in [6, 6.07) is 5.80. The molecule has 0 aromatic heterocycles. The molecular formula is C14H20N2O3S. The second-order valence-corrected chi connectivity index (χ2v) is 6.17. The van der Waals surface area contributed by atoms with Gasteiger partial charge in [-0.2, -0.15) is 0 Å². The Morgan fingerprint density at radius 2 is 2.15 bits per heavy atom. The monoisotopic (exact) mass is 296 g/mol. The summed E-state index contributed by atoms with van der Waals surface area (Å²) in [6.07, 6.45) is 2.25. The Kier molecular flexibility index (Phi) is 5.91. The molecule has 0 aliphatic carbocycles. The fourth-order valence-electron chi connectivity index (χ4n) is 1.49. The Morgan fingerprint density at radius 3 is 2.75 bits per heavy atom. The summed E-state index contributed by atoms with van der Waals surface area (Å²) < 4.78 is 26.8. The number of benzene rings is 1. The summed E-state index contributed by atoms with van der Waals surface area (Å²) in [6.45, 7) is 7.52. The number of rotatable bonds is 7. The maximum atomic E-state index is 12.1. The Hall–Kier alpha value is -1.66. The van der Waals surface area contributed by atoms with Gasteiger partial charge in [-0.25, -0.2) is 13.1 Å². The van der Waals surface area contributed by atoms with Gasteiger partial charge in [0, 0.05) is 18.2 Å². The minimum Gasteiger partial charge on any atom is -0.349 e. The Labute approximate surface area is 120 Å². The van der Waals surface area contributed by atoms with Crippen LogP contribution in [0.15, 0.2) is 41.8 Å². The summed E-state index contributed by atoms with van der Waals surface area (Å²) in [5.74, 6) is -0.328. The van der Waals surface area contributed by atoms with Crippen LogP contribution in [0.2, 0.25) is 0 Å². The number of carbonyl (C=O) groups is 1. The first-order valence-electron chi connectivity index (χ1n) is 6.42. The van der Waals surface area contributed by atoms with Crippen molar-refractivity contribution in [1.29, 1.82) is 0 Å². The first-order valence-corrected chi connectivity index (χ1v) is 7.90. The summed E-state index contributed by atoms with van der Waals surface area (Å²) >= 11 is 0. The van der Waals surface area contributed by atoms with Gasteiger partial charge in [0.2, 0.25) is 10.0 Å². The van der Waals surface area contributed by atoms with Crippen LogP contribution in [0, 0.1) is 0 Å². The first kappa shape index (κ1) is 16.4. The highest BCUT2D eigenvalue weighted by Crippen LogP contribution is 2.12. The van der Waals surface area contributed by atoms with Gasteiger partial charge >= 0.3 is 0 Å². The van der Waals surface area contributed by atoms with E-state index >= 15 is 0 Å². The van der Waals surface area contributed by atoms with Crippen LogP contribution < -0.4 is 10.0 Å². The molecule has 0 radical (unpaired) electrons. The van der Waals surface area contributed by atoms with Crippen LogP contribution in [0.4, 0.5) is 0 Å². The molecule has 1 atom stereocenters. The molecule has 0 heterocycles. The van der Waals surface area contributed by atoms with Gasteiger partial charge in [0.15, 0.2) is 0 Å². The van der Waals surface area contributed by atoms with Crippen molar-refractivity contribution in [2.24, 2.45) is 0 Å². The largest absolute Gasteiger partial charge is 0.349 e. The quantitative estimate of drug-likeness (QED) is 0.752. The molecule has 0 saturated heterocycles. The minimum absolute atomic E-state index is 0.0871. The second kappa shape index (κ2) is 7.21. The Bertz CT molecular complexity index is 582. The van der Waals surface area contributed by atoms with Crippen molar-refractivity contribution in [1.82, 2.24) is 10.0 Å². The zero-order valence-electron chi connectivity index (χ0n) is 11.7. The van der Waals surface area contributed by atoms with Crippen LogP contribution >= 0.6 is 0 Å². The van der Waals surface area contributed by atoms with E-state index in [9.17, 15) is 13.2 Å². The molecule has 5 nitrogen and oxygen atoms in total. The van der Waals surface area contributed by atoms with E-state index in [1.54, 1.807) is 25.1 Å². The molecule has 2 N–H and O–H groups in total. The van der Waals surface area contributed by atoms with Crippen molar-refractivity contribution in [3.63, 3.8) is 0 Å². The molecule has 20 heavy (non-hydrogen) atoms. The predicted octanol–water partition coefficient (Wildman–Crippen LogP) is 1.68. The molecule has 0 aliphatic rings. The number of amides is 1. The van der Waals surface area contributed by atoms with Crippen molar-refractivity contribution < 1.29 is 13.2 Å². The van der Waals surface area contributed by atoms with E-state index in [1.807, 2.05) is 6.92 Å². The maximum absolute atomic E-state index is 12.1. The van der Waals surface area contributed by atoms with Crippen LogP contribution in [0.25, 0.3) is 0 Å². The molecule has 1 rings (SSSR count). The molecule has 0 bridgehead atoms. The van der Waals surface area contributed by atoms with Crippen molar-refractivity contribution in [2.45, 2.75) is 31.2 Å². The third kappa shape index (κ3) is 4.47. The van der Waals surface area contributed by atoms with Crippen LogP contribution in [0.5, 0.6) is 0 Å². The molecule has 6 heteroatoms. The Morgan fingerprint density at radius 1 is 1.45 bits per heavy atom. The van der Waals surface area contributed by atoms with Crippen molar-refractivity contribution in [3.8, 4) is 0 Å². The normalized spacial score (nSPS) is 12.7. The van der Waals surface area contributed by atoms with Gasteiger partial charge < -0.3 is 5.32 Å². The lowest BCUT2D eigenvalue weighted by molar-refractivity contribution is 0.0958. The van der Waals surface area contributed by atoms with Gasteiger partial charge in [0.05, 0.1) is 4.90 Å². The van der Waals surface area contributed by atoms with Gasteiger partial charge in [0.1, 0.15) is 0 Å². The lowest BCUT2D eigenvalue weighted by Gasteiger charge is -2.12. The van der Waals surface area contributed by atoms with Crippen molar-refractivity contribution >= 4 is 15.9 Å². The van der Waals surface area contributed by atoms with E-state index in [2.05, 4.69) is 16.6 Å². The molecule has 0 aliphatic heterocycles. The number of carbonyl (C=O) groups excluding carboxylic acids is 1. The van der Waals surface area contributed by atoms with E-state index in [-0.39, 0.29) is 16.8 Å². The molecule has 0 spiro atoms. The van der Waals surface area contributed by atoms with E-state index in [1.165, 1.54) is 12.1 Å². The molecule has 1 aromatic carbocycles. The zero-order chi connectivity index (χ0) is 15.2. The zero-order valence-corrected chi connectivity index (χ0v) is 12.5. The van der Waals surface area contributed by atoms with Gasteiger partial charge in [0.25, 0.3) is 5.91 Å². The van der Waals surface area contributed by atoms with E-state index in [0.717, 1.165) is 0 Å². The third-order valence-electron chi connectivity index (χ3n) is 2.78. The molecule has 0 fully saturated rings. The molecule has 110 valence electrons. The summed E-state index contributed by atoms with van der Waals surface area (Å²) in [7, 11) is -3.60. The number of hydrogen-bond donors (Lipinski definition) is 2. The lowest BCUT2D eigenvalue weighted by atomic mass is 10.2. The smallest absolute Gasteiger partial charge is 0.251 e. The standard InChI is InChI=1S/C14H20N2O3S/c1-4-9-15-14(17)12-7-6-8-13(10-12)20(18,19)16-11(3)5-2/h4,6-8,10-11,16H,1,5,9H2,2-3H3,(H,15,17). The number of sulfonamides is 1. The third-order valence-corrected chi connectivity index (χ3v) is 4.37. The van der Waals surface area contributed by atoms with Crippen LogP contribution in [0.3, 0.4) is 0 Å². The van der Waals surface area contributed by atoms with Crippen LogP contribution in [0.1, 0.15) is 30.6 Å². The van der Waals surface area contributed by atoms with Gasteiger partial charge in [-0.3, -0.25) is 4.79 Å². The van der Waals surface area contributed by atoms with Crippen LogP contribution in [-0.4, -0.2) is 26.9 Å². The van der Waals surface area contributed by atoms with Crippen molar-refractivity contribution in [2.75, 3.05) is 6.54 Å². The SMILES string of the molecule is C=CCNC(=O)c1cccc(S(=O)(=O)NC(C)CC)c1. The molecule has 1 amide bonds. The highest BCUT2D eigenvalue weighted by Gasteiger charge is 2.17. The van der Waals surface area contributed by atoms with E-state index < -0.39 is 10.0 Å². The average molecular weight is 296 g/mol. The average Bonchev–Trinajstić information content (AvgIpc) is 2.44. The first-order chi connectivity index (χ1) is 9.40. The summed E-state index contributed by atoms with van der Waals surface area (Å²) in [5.41, 5.74) is 0.305. The Balaban J connectivity index is 2.98. The number of nitrogens with one attached hydrogen (secondary N) is 2. The summed E-state index contributed by atoms with van der Waals surface area (Å²) in [4.78, 5) is 11.9. The van der Waals surface area contributed by atoms with Crippen LogP contribution in [-0.2, 0) is 10.0 Å². The maximum Gasteiger partial charge on any atom is 0.251 e. The molecular weight excluding hydrogens is 276 g/mol. The predicted molar refractivity (Wildman–Crippen MR) is 79.0 cm³/mol. The van der Waals surface area contributed by atoms with E-state index in [0.29, 0.717) is 18.5 Å². The van der Waals surface area contributed by atoms with Gasteiger partial charge in [-0.15, -0.1) is 6.58 Å². The fraction of sp³-hybridized carbons (Fsp3) is 0.357. The molecule has 1 aromatic rings. The van der Waals surface area contributed by atoms with E-state index in [4.69, 9.17) is 0 Å². The minimum atomic E-state index is -3.60. The molecule has 0 saturated carbocycles.